The van der Waals surface area contributed by atoms with Gasteiger partial charge in [-0.05, 0) is 61.9 Å². The largest absolute Gasteiger partial charge is 0.316 e. The van der Waals surface area contributed by atoms with Gasteiger partial charge in [0.05, 0.1) is 0 Å². The van der Waals surface area contributed by atoms with Crippen molar-refractivity contribution in [3.8, 4) is 0 Å². The van der Waals surface area contributed by atoms with Gasteiger partial charge in [0, 0.05) is 0 Å². The molecule has 1 aliphatic rings. The molecule has 0 aliphatic heterocycles. The fraction of sp³-hybridized carbons (Fsp3) is 1.00. The first-order valence-electron chi connectivity index (χ1n) is 8.73. The van der Waals surface area contributed by atoms with Crippen molar-refractivity contribution in [3.63, 3.8) is 0 Å². The standard InChI is InChI=1S/C18H37N/c1-6-7-16-8-9-17(13-19-12-15(4)5)18(11-16)10-14(2)3/h14-19H,6-13H2,1-5H3. The van der Waals surface area contributed by atoms with Crippen LogP contribution in [-0.2, 0) is 0 Å². The van der Waals surface area contributed by atoms with E-state index in [1.54, 1.807) is 0 Å². The summed E-state index contributed by atoms with van der Waals surface area (Å²) < 4.78 is 0. The molecule has 0 bridgehead atoms. The summed E-state index contributed by atoms with van der Waals surface area (Å²) >= 11 is 0. The van der Waals surface area contributed by atoms with Gasteiger partial charge in [0.2, 0.25) is 0 Å². The van der Waals surface area contributed by atoms with Gasteiger partial charge in [-0.1, -0.05) is 53.9 Å². The van der Waals surface area contributed by atoms with Crippen molar-refractivity contribution in [3.05, 3.63) is 0 Å². The Labute approximate surface area is 121 Å². The molecule has 1 heteroatoms. The molecule has 1 rings (SSSR count). The zero-order valence-electron chi connectivity index (χ0n) is 14.0. The van der Waals surface area contributed by atoms with Gasteiger partial charge < -0.3 is 5.32 Å². The molecule has 0 aromatic rings. The second-order valence-electron chi connectivity index (χ2n) is 7.67. The molecule has 114 valence electrons. The number of rotatable bonds is 8. The molecule has 19 heavy (non-hydrogen) atoms. The Bertz CT molecular complexity index is 222. The van der Waals surface area contributed by atoms with E-state index in [0.29, 0.717) is 0 Å². The smallest absolute Gasteiger partial charge is 0.00178 e. The van der Waals surface area contributed by atoms with Crippen molar-refractivity contribution < 1.29 is 0 Å². The third-order valence-corrected chi connectivity index (χ3v) is 4.68. The molecule has 0 spiro atoms. The highest BCUT2D eigenvalue weighted by atomic mass is 14.9. The minimum absolute atomic E-state index is 0.778. The van der Waals surface area contributed by atoms with Gasteiger partial charge >= 0.3 is 0 Å². The molecule has 1 nitrogen and oxygen atoms in total. The molecule has 3 atom stereocenters. The average Bonchev–Trinajstić information content (AvgIpc) is 2.31. The van der Waals surface area contributed by atoms with Crippen LogP contribution < -0.4 is 5.32 Å². The van der Waals surface area contributed by atoms with Crippen LogP contribution in [0.4, 0.5) is 0 Å². The van der Waals surface area contributed by atoms with Crippen LogP contribution in [0.15, 0.2) is 0 Å². The molecule has 1 fully saturated rings. The van der Waals surface area contributed by atoms with Gasteiger partial charge in [-0.2, -0.15) is 0 Å². The van der Waals surface area contributed by atoms with E-state index in [0.717, 1.165) is 29.6 Å². The quantitative estimate of drug-likeness (QED) is 0.644. The lowest BCUT2D eigenvalue weighted by atomic mass is 9.70. The molecule has 0 saturated heterocycles. The first-order chi connectivity index (χ1) is 9.02. The third-order valence-electron chi connectivity index (χ3n) is 4.68. The second-order valence-corrected chi connectivity index (χ2v) is 7.67. The van der Waals surface area contributed by atoms with Crippen LogP contribution in [0.3, 0.4) is 0 Å². The molecule has 0 radical (unpaired) electrons. The Morgan fingerprint density at radius 1 is 1.00 bits per heavy atom. The maximum atomic E-state index is 3.70. The predicted octanol–water partition coefficient (Wildman–Crippen LogP) is 5.11. The molecule has 0 heterocycles. The van der Waals surface area contributed by atoms with E-state index in [1.165, 1.54) is 51.6 Å². The van der Waals surface area contributed by atoms with E-state index in [1.807, 2.05) is 0 Å². The van der Waals surface area contributed by atoms with Gasteiger partial charge in [0.15, 0.2) is 0 Å². The molecule has 0 amide bonds. The van der Waals surface area contributed by atoms with Crippen LogP contribution in [0.25, 0.3) is 0 Å². The normalized spacial score (nSPS) is 28.3. The zero-order valence-corrected chi connectivity index (χ0v) is 14.0. The predicted molar refractivity (Wildman–Crippen MR) is 86.4 cm³/mol. The van der Waals surface area contributed by atoms with E-state index in [4.69, 9.17) is 0 Å². The van der Waals surface area contributed by atoms with Gasteiger partial charge in [-0.15, -0.1) is 0 Å². The molecular formula is C18H37N. The highest BCUT2D eigenvalue weighted by Gasteiger charge is 2.30. The lowest BCUT2D eigenvalue weighted by Gasteiger charge is -2.37. The monoisotopic (exact) mass is 267 g/mol. The Kier molecular flexibility index (Phi) is 8.06. The first kappa shape index (κ1) is 17.0. The van der Waals surface area contributed by atoms with Crippen LogP contribution in [0, 0.1) is 29.6 Å². The molecule has 1 N–H and O–H groups in total. The van der Waals surface area contributed by atoms with Crippen molar-refractivity contribution in [2.75, 3.05) is 13.1 Å². The minimum atomic E-state index is 0.778. The lowest BCUT2D eigenvalue weighted by molar-refractivity contribution is 0.146. The Morgan fingerprint density at radius 2 is 1.74 bits per heavy atom. The van der Waals surface area contributed by atoms with Gasteiger partial charge in [0.1, 0.15) is 0 Å². The minimum Gasteiger partial charge on any atom is -0.316 e. The summed E-state index contributed by atoms with van der Waals surface area (Å²) in [6.45, 7) is 14.2. The second kappa shape index (κ2) is 9.00. The summed E-state index contributed by atoms with van der Waals surface area (Å²) in [5.74, 6) is 4.58. The van der Waals surface area contributed by atoms with E-state index >= 15 is 0 Å². The van der Waals surface area contributed by atoms with Crippen molar-refractivity contribution in [2.24, 2.45) is 29.6 Å². The van der Waals surface area contributed by atoms with Crippen molar-refractivity contribution in [1.29, 1.82) is 0 Å². The Hall–Kier alpha value is -0.0400. The highest BCUT2D eigenvalue weighted by molar-refractivity contribution is 4.82. The summed E-state index contributed by atoms with van der Waals surface area (Å²) in [5.41, 5.74) is 0. The van der Waals surface area contributed by atoms with Crippen LogP contribution in [0.5, 0.6) is 0 Å². The molecule has 1 saturated carbocycles. The van der Waals surface area contributed by atoms with Crippen LogP contribution in [-0.4, -0.2) is 13.1 Å². The molecule has 0 aromatic carbocycles. The van der Waals surface area contributed by atoms with E-state index in [9.17, 15) is 0 Å². The fourth-order valence-electron chi connectivity index (χ4n) is 3.81. The van der Waals surface area contributed by atoms with E-state index in [-0.39, 0.29) is 0 Å². The van der Waals surface area contributed by atoms with Gasteiger partial charge in [-0.25, -0.2) is 0 Å². The Balaban J connectivity index is 2.43. The van der Waals surface area contributed by atoms with Crippen LogP contribution in [0.2, 0.25) is 0 Å². The van der Waals surface area contributed by atoms with Crippen molar-refractivity contribution in [2.45, 2.75) is 73.1 Å². The molecule has 0 aromatic heterocycles. The summed E-state index contributed by atoms with van der Waals surface area (Å²) in [6, 6.07) is 0. The maximum Gasteiger partial charge on any atom is -0.00178 e. The van der Waals surface area contributed by atoms with Gasteiger partial charge in [-0.3, -0.25) is 0 Å². The first-order valence-corrected chi connectivity index (χ1v) is 8.73. The molecular weight excluding hydrogens is 230 g/mol. The average molecular weight is 268 g/mol. The van der Waals surface area contributed by atoms with E-state index in [2.05, 4.69) is 39.9 Å². The highest BCUT2D eigenvalue weighted by Crippen LogP contribution is 2.39. The summed E-state index contributed by atoms with van der Waals surface area (Å²) in [6.07, 6.45) is 8.72. The number of hydrogen-bond acceptors (Lipinski definition) is 1. The maximum absolute atomic E-state index is 3.70. The zero-order chi connectivity index (χ0) is 14.3. The Morgan fingerprint density at radius 3 is 2.32 bits per heavy atom. The summed E-state index contributed by atoms with van der Waals surface area (Å²) in [7, 11) is 0. The molecule has 3 unspecified atom stereocenters. The van der Waals surface area contributed by atoms with E-state index < -0.39 is 0 Å². The topological polar surface area (TPSA) is 12.0 Å². The number of hydrogen-bond donors (Lipinski definition) is 1. The number of nitrogens with one attached hydrogen (secondary N) is 1. The SMILES string of the molecule is CCCC1CCC(CNCC(C)C)C(CC(C)C)C1. The van der Waals surface area contributed by atoms with Crippen molar-refractivity contribution >= 4 is 0 Å². The summed E-state index contributed by atoms with van der Waals surface area (Å²) in [5, 5.41) is 3.70. The molecule has 1 aliphatic carbocycles. The van der Waals surface area contributed by atoms with Crippen LogP contribution >= 0.6 is 0 Å². The third kappa shape index (κ3) is 6.79. The van der Waals surface area contributed by atoms with Crippen LogP contribution in [0.1, 0.15) is 73.1 Å². The van der Waals surface area contributed by atoms with Gasteiger partial charge in [0.25, 0.3) is 0 Å². The fourth-order valence-corrected chi connectivity index (χ4v) is 3.81. The summed E-state index contributed by atoms with van der Waals surface area (Å²) in [4.78, 5) is 0. The van der Waals surface area contributed by atoms with Crippen molar-refractivity contribution in [1.82, 2.24) is 5.32 Å². The lowest BCUT2D eigenvalue weighted by Crippen LogP contribution is -2.35.